The molecule has 4 rings (SSSR count). The number of nitrogens with one attached hydrogen (secondary N) is 1. The van der Waals surface area contributed by atoms with E-state index < -0.39 is 5.91 Å². The number of aryl methyl sites for hydroxylation is 1. The highest BCUT2D eigenvalue weighted by Crippen LogP contribution is 2.13. The molecule has 6 heteroatoms. The van der Waals surface area contributed by atoms with E-state index in [4.69, 9.17) is 0 Å². The zero-order valence-electron chi connectivity index (χ0n) is 16.0. The van der Waals surface area contributed by atoms with Gasteiger partial charge in [0.2, 0.25) is 0 Å². The molecule has 1 saturated heterocycles. The van der Waals surface area contributed by atoms with Crippen molar-refractivity contribution in [1.82, 2.24) is 19.6 Å². The van der Waals surface area contributed by atoms with E-state index in [1.165, 1.54) is 42.1 Å². The summed E-state index contributed by atoms with van der Waals surface area (Å²) in [7, 11) is 0. The summed E-state index contributed by atoms with van der Waals surface area (Å²) in [5.74, 6) is -0.408. The Kier molecular flexibility index (Phi) is 5.21. The maximum atomic E-state index is 12.6. The molecule has 0 radical (unpaired) electrons. The standard InChI is InChI=1S/C22H24N4O2/c1-16-4-9-20-23-13-19(22(28)26(20)14-16)21(27)24-12-17-5-7-18(8-6-17)15-25-10-2-3-11-25/h4-9,13-14H,2-3,10-12,15H2,1H3,(H,24,27). The Hall–Kier alpha value is -2.99. The first-order chi connectivity index (χ1) is 13.6. The highest BCUT2D eigenvalue weighted by atomic mass is 16.2. The van der Waals surface area contributed by atoms with Gasteiger partial charge in [0.1, 0.15) is 11.2 Å². The molecule has 1 fully saturated rings. The molecule has 0 aliphatic carbocycles. The number of carbonyl (C=O) groups excluding carboxylic acids is 1. The summed E-state index contributed by atoms with van der Waals surface area (Å²) >= 11 is 0. The van der Waals surface area contributed by atoms with E-state index in [1.54, 1.807) is 12.3 Å². The molecule has 1 aromatic carbocycles. The molecule has 1 aliphatic rings. The van der Waals surface area contributed by atoms with Crippen LogP contribution >= 0.6 is 0 Å². The maximum absolute atomic E-state index is 12.6. The van der Waals surface area contributed by atoms with Crippen LogP contribution in [0, 0.1) is 6.92 Å². The van der Waals surface area contributed by atoms with Gasteiger partial charge in [-0.1, -0.05) is 30.3 Å². The molecular weight excluding hydrogens is 352 g/mol. The number of carbonyl (C=O) groups is 1. The van der Waals surface area contributed by atoms with Crippen molar-refractivity contribution >= 4 is 11.6 Å². The van der Waals surface area contributed by atoms with Gasteiger partial charge in [-0.05, 0) is 55.6 Å². The summed E-state index contributed by atoms with van der Waals surface area (Å²) < 4.78 is 1.41. The van der Waals surface area contributed by atoms with E-state index in [0.29, 0.717) is 12.2 Å². The molecule has 28 heavy (non-hydrogen) atoms. The van der Waals surface area contributed by atoms with Crippen LogP contribution in [0.15, 0.2) is 53.6 Å². The Labute approximate surface area is 163 Å². The number of likely N-dealkylation sites (tertiary alicyclic amines) is 1. The summed E-state index contributed by atoms with van der Waals surface area (Å²) in [6, 6.07) is 11.9. The van der Waals surface area contributed by atoms with E-state index >= 15 is 0 Å². The predicted molar refractivity (Wildman–Crippen MR) is 108 cm³/mol. The van der Waals surface area contributed by atoms with Crippen molar-refractivity contribution < 1.29 is 4.79 Å². The fourth-order valence-electron chi connectivity index (χ4n) is 3.58. The van der Waals surface area contributed by atoms with Crippen LogP contribution < -0.4 is 10.9 Å². The topological polar surface area (TPSA) is 66.7 Å². The fourth-order valence-corrected chi connectivity index (χ4v) is 3.58. The molecule has 1 N–H and O–H groups in total. The number of rotatable bonds is 5. The smallest absolute Gasteiger partial charge is 0.270 e. The Morgan fingerprint density at radius 1 is 1.07 bits per heavy atom. The molecule has 0 atom stereocenters. The lowest BCUT2D eigenvalue weighted by atomic mass is 10.1. The normalized spacial score (nSPS) is 14.5. The van der Waals surface area contributed by atoms with Crippen molar-refractivity contribution in [3.8, 4) is 0 Å². The summed E-state index contributed by atoms with van der Waals surface area (Å²) in [6.45, 7) is 5.59. The monoisotopic (exact) mass is 376 g/mol. The van der Waals surface area contributed by atoms with Crippen molar-refractivity contribution in [2.75, 3.05) is 13.1 Å². The van der Waals surface area contributed by atoms with Crippen molar-refractivity contribution in [3.05, 3.63) is 81.4 Å². The van der Waals surface area contributed by atoms with Crippen LogP contribution in [-0.4, -0.2) is 33.3 Å². The number of benzene rings is 1. The largest absolute Gasteiger partial charge is 0.348 e. The second-order valence-corrected chi connectivity index (χ2v) is 7.39. The number of pyridine rings is 1. The van der Waals surface area contributed by atoms with Crippen LogP contribution in [0.25, 0.3) is 5.65 Å². The third-order valence-corrected chi connectivity index (χ3v) is 5.18. The number of fused-ring (bicyclic) bond motifs is 1. The van der Waals surface area contributed by atoms with E-state index in [0.717, 1.165) is 17.7 Å². The fraction of sp³-hybridized carbons (Fsp3) is 0.318. The van der Waals surface area contributed by atoms with Crippen LogP contribution in [0.2, 0.25) is 0 Å². The minimum absolute atomic E-state index is 0.0498. The van der Waals surface area contributed by atoms with Gasteiger partial charge in [0.15, 0.2) is 0 Å². The summed E-state index contributed by atoms with van der Waals surface area (Å²) in [5.41, 5.74) is 3.44. The van der Waals surface area contributed by atoms with Crippen LogP contribution in [0.1, 0.15) is 39.9 Å². The number of nitrogens with zero attached hydrogens (tertiary/aromatic N) is 3. The minimum atomic E-state index is -0.408. The minimum Gasteiger partial charge on any atom is -0.348 e. The second kappa shape index (κ2) is 7.94. The third kappa shape index (κ3) is 3.97. The van der Waals surface area contributed by atoms with Gasteiger partial charge in [0.05, 0.1) is 0 Å². The Balaban J connectivity index is 1.42. The summed E-state index contributed by atoms with van der Waals surface area (Å²) in [5, 5.41) is 2.83. The quantitative estimate of drug-likeness (QED) is 0.743. The van der Waals surface area contributed by atoms with Gasteiger partial charge in [-0.3, -0.25) is 18.9 Å². The van der Waals surface area contributed by atoms with Crippen LogP contribution in [0.4, 0.5) is 0 Å². The van der Waals surface area contributed by atoms with Gasteiger partial charge in [-0.25, -0.2) is 4.98 Å². The lowest BCUT2D eigenvalue weighted by molar-refractivity contribution is 0.0949. The van der Waals surface area contributed by atoms with Crippen LogP contribution in [0.5, 0.6) is 0 Å². The molecular formula is C22H24N4O2. The van der Waals surface area contributed by atoms with Gasteiger partial charge in [-0.2, -0.15) is 0 Å². The lowest BCUT2D eigenvalue weighted by Crippen LogP contribution is -2.31. The predicted octanol–water partition coefficient (Wildman–Crippen LogP) is 2.53. The first kappa shape index (κ1) is 18.4. The van der Waals surface area contributed by atoms with E-state index in [2.05, 4.69) is 27.3 Å². The van der Waals surface area contributed by atoms with Gasteiger partial charge >= 0.3 is 0 Å². The van der Waals surface area contributed by atoms with Crippen molar-refractivity contribution in [1.29, 1.82) is 0 Å². The van der Waals surface area contributed by atoms with Gasteiger partial charge < -0.3 is 5.32 Å². The number of amides is 1. The molecule has 3 heterocycles. The van der Waals surface area contributed by atoms with Gasteiger partial charge in [-0.15, -0.1) is 0 Å². The Morgan fingerprint density at radius 3 is 2.54 bits per heavy atom. The second-order valence-electron chi connectivity index (χ2n) is 7.39. The molecule has 6 nitrogen and oxygen atoms in total. The van der Waals surface area contributed by atoms with Crippen molar-refractivity contribution in [2.24, 2.45) is 0 Å². The zero-order valence-corrected chi connectivity index (χ0v) is 16.0. The average Bonchev–Trinajstić information content (AvgIpc) is 3.21. The number of hydrogen-bond acceptors (Lipinski definition) is 4. The summed E-state index contributed by atoms with van der Waals surface area (Å²) in [4.78, 5) is 31.8. The number of hydrogen-bond donors (Lipinski definition) is 1. The molecule has 2 aromatic heterocycles. The van der Waals surface area contributed by atoms with Crippen molar-refractivity contribution in [3.63, 3.8) is 0 Å². The molecule has 1 aliphatic heterocycles. The Bertz CT molecular complexity index is 1050. The SMILES string of the molecule is Cc1ccc2ncc(C(=O)NCc3ccc(CN4CCCC4)cc3)c(=O)n2c1. The van der Waals surface area contributed by atoms with Crippen molar-refractivity contribution in [2.45, 2.75) is 32.9 Å². The molecule has 0 saturated carbocycles. The molecule has 3 aromatic rings. The third-order valence-electron chi connectivity index (χ3n) is 5.18. The van der Waals surface area contributed by atoms with Crippen LogP contribution in [-0.2, 0) is 13.1 Å². The molecule has 0 spiro atoms. The number of aromatic nitrogens is 2. The first-order valence-electron chi connectivity index (χ1n) is 9.66. The van der Waals surface area contributed by atoms with E-state index in [-0.39, 0.29) is 11.1 Å². The average molecular weight is 376 g/mol. The molecule has 144 valence electrons. The maximum Gasteiger partial charge on any atom is 0.270 e. The molecule has 0 unspecified atom stereocenters. The Morgan fingerprint density at radius 2 is 1.79 bits per heavy atom. The highest BCUT2D eigenvalue weighted by Gasteiger charge is 2.14. The lowest BCUT2D eigenvalue weighted by Gasteiger charge is -2.14. The van der Waals surface area contributed by atoms with Gasteiger partial charge in [0.25, 0.3) is 11.5 Å². The van der Waals surface area contributed by atoms with E-state index in [1.807, 2.05) is 25.1 Å². The highest BCUT2D eigenvalue weighted by molar-refractivity contribution is 5.93. The first-order valence-corrected chi connectivity index (χ1v) is 9.66. The molecule has 0 bridgehead atoms. The molecule has 1 amide bonds. The van der Waals surface area contributed by atoms with Crippen LogP contribution in [0.3, 0.4) is 0 Å². The van der Waals surface area contributed by atoms with Gasteiger partial charge in [0, 0.05) is 25.5 Å². The van der Waals surface area contributed by atoms with E-state index in [9.17, 15) is 9.59 Å². The zero-order chi connectivity index (χ0) is 19.5. The summed E-state index contributed by atoms with van der Waals surface area (Å²) in [6.07, 6.45) is 5.61.